The van der Waals surface area contributed by atoms with Crippen LogP contribution in [0.1, 0.15) is 43.4 Å². The number of rotatable bonds is 8. The summed E-state index contributed by atoms with van der Waals surface area (Å²) in [5.74, 6) is -0.199. The van der Waals surface area contributed by atoms with Crippen molar-refractivity contribution in [1.82, 2.24) is 4.90 Å². The molecule has 0 bridgehead atoms. The number of hydrogen-bond acceptors (Lipinski definition) is 5. The smallest absolute Gasteiger partial charge is 0.295 e. The Morgan fingerprint density at radius 1 is 1.00 bits per heavy atom. The summed E-state index contributed by atoms with van der Waals surface area (Å²) >= 11 is 0. The molecule has 1 heterocycles. The number of carbonyl (C=O) groups is 2. The van der Waals surface area contributed by atoms with Gasteiger partial charge in [-0.1, -0.05) is 31.9 Å². The summed E-state index contributed by atoms with van der Waals surface area (Å²) in [6, 6.07) is 13.3. The molecule has 158 valence electrons. The number of hydrogen-bond donors (Lipinski definition) is 1. The van der Waals surface area contributed by atoms with Gasteiger partial charge < -0.3 is 19.5 Å². The molecular formula is C24H27NO5. The summed E-state index contributed by atoms with van der Waals surface area (Å²) in [6.07, 6.45) is 2.73. The second kappa shape index (κ2) is 9.48. The lowest BCUT2D eigenvalue weighted by atomic mass is 9.95. The van der Waals surface area contributed by atoms with E-state index in [2.05, 4.69) is 6.92 Å². The van der Waals surface area contributed by atoms with Crippen molar-refractivity contribution >= 4 is 17.4 Å². The maximum atomic E-state index is 13.0. The summed E-state index contributed by atoms with van der Waals surface area (Å²) < 4.78 is 10.5. The lowest BCUT2D eigenvalue weighted by Gasteiger charge is -2.25. The van der Waals surface area contributed by atoms with Gasteiger partial charge in [0, 0.05) is 12.1 Å². The fraction of sp³-hybridized carbons (Fsp3) is 0.333. The van der Waals surface area contributed by atoms with Crippen molar-refractivity contribution in [3.05, 3.63) is 65.2 Å². The van der Waals surface area contributed by atoms with Crippen LogP contribution in [0.2, 0.25) is 0 Å². The highest BCUT2D eigenvalue weighted by Crippen LogP contribution is 2.40. The van der Waals surface area contributed by atoms with Crippen molar-refractivity contribution in [3.63, 3.8) is 0 Å². The number of unbranched alkanes of at least 4 members (excludes halogenated alkanes) is 2. The van der Waals surface area contributed by atoms with Crippen molar-refractivity contribution in [2.45, 2.75) is 32.2 Å². The van der Waals surface area contributed by atoms with Crippen LogP contribution in [0.15, 0.2) is 54.1 Å². The average Bonchev–Trinajstić information content (AvgIpc) is 3.04. The number of carbonyl (C=O) groups excluding carboxylic acids is 2. The minimum atomic E-state index is -0.673. The highest BCUT2D eigenvalue weighted by Gasteiger charge is 2.45. The molecule has 0 saturated carbocycles. The molecule has 1 atom stereocenters. The van der Waals surface area contributed by atoms with E-state index in [-0.39, 0.29) is 11.3 Å². The maximum Gasteiger partial charge on any atom is 0.295 e. The number of aliphatic hydroxyl groups is 1. The molecule has 1 unspecified atom stereocenters. The number of aliphatic hydroxyl groups excluding tert-OH is 1. The molecular weight excluding hydrogens is 382 g/mol. The number of nitrogens with zero attached hydrogens (tertiary/aromatic N) is 1. The SMILES string of the molecule is CCCCCN1C(=O)C(=O)/C(=C(\O)c2ccc(OC)cc2)C1c1cccc(OC)c1. The molecule has 30 heavy (non-hydrogen) atoms. The van der Waals surface area contributed by atoms with E-state index in [9.17, 15) is 14.7 Å². The van der Waals surface area contributed by atoms with Crippen LogP contribution in [0.25, 0.3) is 5.76 Å². The topological polar surface area (TPSA) is 76.1 Å². The van der Waals surface area contributed by atoms with Gasteiger partial charge in [0.05, 0.1) is 25.8 Å². The van der Waals surface area contributed by atoms with E-state index in [1.54, 1.807) is 55.5 Å². The number of benzene rings is 2. The molecule has 3 rings (SSSR count). The number of ether oxygens (including phenoxy) is 2. The predicted octanol–water partition coefficient (Wildman–Crippen LogP) is 4.32. The Morgan fingerprint density at radius 3 is 2.33 bits per heavy atom. The molecule has 1 amide bonds. The van der Waals surface area contributed by atoms with Gasteiger partial charge in [-0.15, -0.1) is 0 Å². The molecule has 0 spiro atoms. The molecule has 6 nitrogen and oxygen atoms in total. The number of Topliss-reactive ketones (excluding diaryl/α,β-unsaturated/α-hetero) is 1. The van der Waals surface area contributed by atoms with E-state index in [0.29, 0.717) is 23.6 Å². The Balaban J connectivity index is 2.11. The van der Waals surface area contributed by atoms with Gasteiger partial charge in [0.15, 0.2) is 0 Å². The van der Waals surface area contributed by atoms with Crippen LogP contribution < -0.4 is 9.47 Å². The summed E-state index contributed by atoms with van der Waals surface area (Å²) in [5.41, 5.74) is 1.27. The van der Waals surface area contributed by atoms with Crippen molar-refractivity contribution in [2.24, 2.45) is 0 Å². The van der Waals surface area contributed by atoms with Gasteiger partial charge >= 0.3 is 0 Å². The van der Waals surface area contributed by atoms with E-state index >= 15 is 0 Å². The molecule has 1 N–H and O–H groups in total. The van der Waals surface area contributed by atoms with Gasteiger partial charge in [-0.25, -0.2) is 0 Å². The fourth-order valence-corrected chi connectivity index (χ4v) is 3.71. The first-order chi connectivity index (χ1) is 14.5. The van der Waals surface area contributed by atoms with Gasteiger partial charge in [-0.05, 0) is 48.4 Å². The van der Waals surface area contributed by atoms with Crippen molar-refractivity contribution < 1.29 is 24.2 Å². The summed E-state index contributed by atoms with van der Waals surface area (Å²) in [4.78, 5) is 27.4. The summed E-state index contributed by atoms with van der Waals surface area (Å²) in [6.45, 7) is 2.52. The van der Waals surface area contributed by atoms with Crippen LogP contribution in [0.5, 0.6) is 11.5 Å². The van der Waals surface area contributed by atoms with Crippen LogP contribution in [0.3, 0.4) is 0 Å². The monoisotopic (exact) mass is 409 g/mol. The third-order valence-electron chi connectivity index (χ3n) is 5.32. The third-order valence-corrected chi connectivity index (χ3v) is 5.32. The Morgan fingerprint density at radius 2 is 1.70 bits per heavy atom. The molecule has 1 aliphatic heterocycles. The zero-order chi connectivity index (χ0) is 21.7. The second-order valence-electron chi connectivity index (χ2n) is 7.20. The highest BCUT2D eigenvalue weighted by atomic mass is 16.5. The Hall–Kier alpha value is -3.28. The quantitative estimate of drug-likeness (QED) is 0.304. The second-order valence-corrected chi connectivity index (χ2v) is 7.20. The van der Waals surface area contributed by atoms with E-state index in [4.69, 9.17) is 9.47 Å². The molecule has 1 fully saturated rings. The largest absolute Gasteiger partial charge is 0.507 e. The standard InChI is InChI=1S/C24H27NO5/c1-4-5-6-14-25-21(17-8-7-9-19(15-17)30-3)20(23(27)24(25)28)22(26)16-10-12-18(29-2)13-11-16/h7-13,15,21,26H,4-6,14H2,1-3H3/b22-20-. The normalized spacial score (nSPS) is 18.0. The Kier molecular flexibility index (Phi) is 6.77. The maximum absolute atomic E-state index is 13.0. The molecule has 0 radical (unpaired) electrons. The Bertz CT molecular complexity index is 948. The van der Waals surface area contributed by atoms with Gasteiger partial charge in [0.1, 0.15) is 17.3 Å². The molecule has 0 aliphatic carbocycles. The molecule has 0 aromatic heterocycles. The molecule has 2 aromatic carbocycles. The zero-order valence-corrected chi connectivity index (χ0v) is 17.6. The van der Waals surface area contributed by atoms with Gasteiger partial charge in [0.25, 0.3) is 11.7 Å². The predicted molar refractivity (Wildman–Crippen MR) is 115 cm³/mol. The number of ketones is 1. The molecule has 1 aliphatic rings. The molecule has 1 saturated heterocycles. The van der Waals surface area contributed by atoms with Crippen LogP contribution in [-0.4, -0.2) is 42.5 Å². The zero-order valence-electron chi connectivity index (χ0n) is 17.6. The van der Waals surface area contributed by atoms with Gasteiger partial charge in [0.2, 0.25) is 0 Å². The van der Waals surface area contributed by atoms with Crippen molar-refractivity contribution in [3.8, 4) is 11.5 Å². The van der Waals surface area contributed by atoms with E-state index in [0.717, 1.165) is 24.8 Å². The number of amides is 1. The first-order valence-electron chi connectivity index (χ1n) is 10.1. The highest BCUT2D eigenvalue weighted by molar-refractivity contribution is 6.46. The van der Waals surface area contributed by atoms with E-state index in [1.165, 1.54) is 0 Å². The van der Waals surface area contributed by atoms with Crippen LogP contribution in [0.4, 0.5) is 0 Å². The third kappa shape index (κ3) is 4.17. The molecule has 2 aromatic rings. The lowest BCUT2D eigenvalue weighted by Crippen LogP contribution is -2.30. The fourth-order valence-electron chi connectivity index (χ4n) is 3.71. The summed E-state index contributed by atoms with van der Waals surface area (Å²) in [7, 11) is 3.12. The van der Waals surface area contributed by atoms with Gasteiger partial charge in [-0.2, -0.15) is 0 Å². The van der Waals surface area contributed by atoms with Crippen molar-refractivity contribution in [1.29, 1.82) is 0 Å². The number of methoxy groups -OCH3 is 2. The minimum absolute atomic E-state index is 0.0925. The van der Waals surface area contributed by atoms with E-state index < -0.39 is 17.7 Å². The van der Waals surface area contributed by atoms with Crippen LogP contribution >= 0.6 is 0 Å². The van der Waals surface area contributed by atoms with Crippen molar-refractivity contribution in [2.75, 3.05) is 20.8 Å². The minimum Gasteiger partial charge on any atom is -0.507 e. The van der Waals surface area contributed by atoms with Gasteiger partial charge in [-0.3, -0.25) is 9.59 Å². The average molecular weight is 409 g/mol. The van der Waals surface area contributed by atoms with Crippen LogP contribution in [-0.2, 0) is 9.59 Å². The number of likely N-dealkylation sites (tertiary alicyclic amines) is 1. The Labute approximate surface area is 176 Å². The first-order valence-corrected chi connectivity index (χ1v) is 10.1. The summed E-state index contributed by atoms with van der Waals surface area (Å²) in [5, 5.41) is 11.0. The molecule has 6 heteroatoms. The van der Waals surface area contributed by atoms with E-state index in [1.807, 2.05) is 12.1 Å². The first kappa shape index (κ1) is 21.4. The lowest BCUT2D eigenvalue weighted by molar-refractivity contribution is -0.139. The van der Waals surface area contributed by atoms with Crippen LogP contribution in [0, 0.1) is 0 Å².